The zero-order valence-electron chi connectivity index (χ0n) is 17.1. The molecular weight excluding hydrogens is 398 g/mol. The number of carbonyl (C=O) groups is 2. The van der Waals surface area contributed by atoms with Gasteiger partial charge in [-0.15, -0.1) is 0 Å². The third kappa shape index (κ3) is 5.89. The van der Waals surface area contributed by atoms with Gasteiger partial charge >= 0.3 is 5.97 Å². The molecule has 3 aromatic rings. The van der Waals surface area contributed by atoms with Crippen LogP contribution in [0.15, 0.2) is 72.1 Å². The van der Waals surface area contributed by atoms with E-state index in [1.807, 2.05) is 6.92 Å². The molecule has 8 heteroatoms. The van der Waals surface area contributed by atoms with Gasteiger partial charge in [-0.1, -0.05) is 0 Å². The van der Waals surface area contributed by atoms with Crippen molar-refractivity contribution in [3.8, 4) is 17.2 Å². The molecule has 0 fully saturated rings. The van der Waals surface area contributed by atoms with E-state index in [4.69, 9.17) is 14.2 Å². The summed E-state index contributed by atoms with van der Waals surface area (Å²) in [5, 5.41) is 3.95. The highest BCUT2D eigenvalue weighted by molar-refractivity contribution is 5.94. The van der Waals surface area contributed by atoms with E-state index in [1.54, 1.807) is 67.9 Å². The summed E-state index contributed by atoms with van der Waals surface area (Å²) in [7, 11) is 1.55. The lowest BCUT2D eigenvalue weighted by molar-refractivity contribution is 0.0728. The fourth-order valence-electron chi connectivity index (χ4n) is 2.57. The number of amides is 1. The van der Waals surface area contributed by atoms with Crippen molar-refractivity contribution >= 4 is 18.1 Å². The van der Waals surface area contributed by atoms with Gasteiger partial charge < -0.3 is 14.2 Å². The number of nitrogens with one attached hydrogen (secondary N) is 1. The highest BCUT2D eigenvalue weighted by Crippen LogP contribution is 2.29. The zero-order valence-corrected chi connectivity index (χ0v) is 17.1. The lowest BCUT2D eigenvalue weighted by Crippen LogP contribution is -2.17. The second-order valence-corrected chi connectivity index (χ2v) is 6.20. The maximum atomic E-state index is 12.4. The van der Waals surface area contributed by atoms with Gasteiger partial charge in [0, 0.05) is 12.4 Å². The molecule has 3 rings (SSSR count). The van der Waals surface area contributed by atoms with Gasteiger partial charge in [0.15, 0.2) is 11.5 Å². The van der Waals surface area contributed by atoms with Gasteiger partial charge in [-0.3, -0.25) is 9.78 Å². The Morgan fingerprint density at radius 3 is 2.55 bits per heavy atom. The number of aromatic nitrogens is 1. The Morgan fingerprint density at radius 1 is 1.06 bits per heavy atom. The second-order valence-electron chi connectivity index (χ2n) is 6.20. The van der Waals surface area contributed by atoms with Crippen molar-refractivity contribution in [1.29, 1.82) is 0 Å². The van der Waals surface area contributed by atoms with Crippen LogP contribution in [0.5, 0.6) is 17.2 Å². The predicted octanol–water partition coefficient (Wildman–Crippen LogP) is 3.47. The van der Waals surface area contributed by atoms with Crippen molar-refractivity contribution in [3.05, 3.63) is 83.7 Å². The molecule has 1 aromatic heterocycles. The molecule has 8 nitrogen and oxygen atoms in total. The molecule has 0 aliphatic carbocycles. The summed E-state index contributed by atoms with van der Waals surface area (Å²) in [6.07, 6.45) is 4.49. The fourth-order valence-corrected chi connectivity index (χ4v) is 2.57. The number of esters is 1. The summed E-state index contributed by atoms with van der Waals surface area (Å²) in [4.78, 5) is 28.3. The van der Waals surface area contributed by atoms with Gasteiger partial charge in [-0.2, -0.15) is 5.10 Å². The van der Waals surface area contributed by atoms with Crippen LogP contribution in [0, 0.1) is 0 Å². The predicted molar refractivity (Wildman–Crippen MR) is 115 cm³/mol. The maximum Gasteiger partial charge on any atom is 0.343 e. The van der Waals surface area contributed by atoms with Gasteiger partial charge in [-0.25, -0.2) is 10.2 Å². The van der Waals surface area contributed by atoms with Crippen LogP contribution in [-0.4, -0.2) is 36.8 Å². The van der Waals surface area contributed by atoms with Gasteiger partial charge in [-0.05, 0) is 67.1 Å². The van der Waals surface area contributed by atoms with Crippen LogP contribution in [0.2, 0.25) is 0 Å². The summed E-state index contributed by atoms with van der Waals surface area (Å²) in [5.74, 6) is 0.408. The number of methoxy groups -OCH3 is 1. The van der Waals surface area contributed by atoms with Crippen molar-refractivity contribution in [2.45, 2.75) is 6.92 Å². The molecule has 0 saturated carbocycles. The third-order valence-electron chi connectivity index (χ3n) is 4.10. The monoisotopic (exact) mass is 419 g/mol. The van der Waals surface area contributed by atoms with Crippen molar-refractivity contribution in [2.24, 2.45) is 5.10 Å². The average molecular weight is 419 g/mol. The number of hydrogen-bond donors (Lipinski definition) is 1. The van der Waals surface area contributed by atoms with E-state index in [2.05, 4.69) is 15.5 Å². The molecule has 0 aliphatic heterocycles. The number of benzene rings is 2. The van der Waals surface area contributed by atoms with E-state index in [0.717, 1.165) is 0 Å². The first-order valence-corrected chi connectivity index (χ1v) is 9.47. The molecule has 0 unspecified atom stereocenters. The number of carbonyl (C=O) groups excluding carboxylic acids is 2. The lowest BCUT2D eigenvalue weighted by Gasteiger charge is -2.11. The number of ether oxygens (including phenoxy) is 3. The van der Waals surface area contributed by atoms with Crippen LogP contribution in [-0.2, 0) is 0 Å². The van der Waals surface area contributed by atoms with Crippen molar-refractivity contribution in [2.75, 3.05) is 13.7 Å². The second kappa shape index (κ2) is 10.5. The summed E-state index contributed by atoms with van der Waals surface area (Å²) in [6, 6.07) is 14.9. The van der Waals surface area contributed by atoms with E-state index in [1.165, 1.54) is 12.4 Å². The first-order valence-electron chi connectivity index (χ1n) is 9.47. The fraction of sp³-hybridized carbons (Fsp3) is 0.130. The molecule has 1 amide bonds. The quantitative estimate of drug-likeness (QED) is 0.260. The molecule has 0 radical (unpaired) electrons. The van der Waals surface area contributed by atoms with Gasteiger partial charge in [0.05, 0.1) is 31.1 Å². The van der Waals surface area contributed by atoms with E-state index in [9.17, 15) is 9.59 Å². The van der Waals surface area contributed by atoms with E-state index in [0.29, 0.717) is 34.8 Å². The molecule has 0 atom stereocenters. The van der Waals surface area contributed by atoms with Crippen LogP contribution in [0.4, 0.5) is 0 Å². The molecule has 0 bridgehead atoms. The first-order chi connectivity index (χ1) is 15.1. The van der Waals surface area contributed by atoms with E-state index in [-0.39, 0.29) is 11.7 Å². The van der Waals surface area contributed by atoms with E-state index < -0.39 is 5.97 Å². The first kappa shape index (κ1) is 21.5. The van der Waals surface area contributed by atoms with Crippen LogP contribution in [0.3, 0.4) is 0 Å². The van der Waals surface area contributed by atoms with Gasteiger partial charge in [0.1, 0.15) is 5.75 Å². The molecule has 1 N–H and O–H groups in total. The standard InChI is InChI=1S/C23H21N3O5/c1-3-30-21-13-16(14-25-26-22(27)18-5-4-12-24-15-18)6-11-20(21)31-23(28)17-7-9-19(29-2)10-8-17/h4-15H,3H2,1-2H3,(H,26,27)/b25-14+. The molecule has 0 saturated heterocycles. The van der Waals surface area contributed by atoms with Gasteiger partial charge in [0.25, 0.3) is 5.91 Å². The average Bonchev–Trinajstić information content (AvgIpc) is 2.81. The highest BCUT2D eigenvalue weighted by atomic mass is 16.6. The lowest BCUT2D eigenvalue weighted by atomic mass is 10.2. The third-order valence-corrected chi connectivity index (χ3v) is 4.10. The molecular formula is C23H21N3O5. The molecule has 31 heavy (non-hydrogen) atoms. The minimum atomic E-state index is -0.520. The van der Waals surface area contributed by atoms with Gasteiger partial charge in [0.2, 0.25) is 0 Å². The topological polar surface area (TPSA) is 99.1 Å². The normalized spacial score (nSPS) is 10.5. The molecule has 0 aliphatic rings. The number of nitrogens with zero attached hydrogens (tertiary/aromatic N) is 2. The van der Waals surface area contributed by atoms with Crippen molar-refractivity contribution < 1.29 is 23.8 Å². The smallest absolute Gasteiger partial charge is 0.343 e. The highest BCUT2D eigenvalue weighted by Gasteiger charge is 2.13. The summed E-state index contributed by atoms with van der Waals surface area (Å²) >= 11 is 0. The van der Waals surface area contributed by atoms with Crippen molar-refractivity contribution in [3.63, 3.8) is 0 Å². The molecule has 1 heterocycles. The Morgan fingerprint density at radius 2 is 1.87 bits per heavy atom. The summed E-state index contributed by atoms with van der Waals surface area (Å²) in [6.45, 7) is 2.20. The molecule has 0 spiro atoms. The Bertz CT molecular complexity index is 1070. The largest absolute Gasteiger partial charge is 0.497 e. The number of hydrazone groups is 1. The molecule has 158 valence electrons. The molecule has 2 aromatic carbocycles. The van der Waals surface area contributed by atoms with Crippen LogP contribution in [0.1, 0.15) is 33.2 Å². The van der Waals surface area contributed by atoms with Crippen LogP contribution in [0.25, 0.3) is 0 Å². The number of hydrogen-bond acceptors (Lipinski definition) is 7. The van der Waals surface area contributed by atoms with Crippen molar-refractivity contribution in [1.82, 2.24) is 10.4 Å². The van der Waals surface area contributed by atoms with E-state index >= 15 is 0 Å². The zero-order chi connectivity index (χ0) is 22.1. The minimum absolute atomic E-state index is 0.277. The SMILES string of the molecule is CCOc1cc(/C=N/NC(=O)c2cccnc2)ccc1OC(=O)c1ccc(OC)cc1. The minimum Gasteiger partial charge on any atom is -0.497 e. The Balaban J connectivity index is 1.69. The maximum absolute atomic E-state index is 12.4. The Labute approximate surface area is 179 Å². The van der Waals surface area contributed by atoms with Crippen LogP contribution < -0.4 is 19.6 Å². The summed E-state index contributed by atoms with van der Waals surface area (Å²) in [5.41, 5.74) is 3.86. The van der Waals surface area contributed by atoms with Crippen LogP contribution >= 0.6 is 0 Å². The number of rotatable bonds is 8. The Kier molecular flexibility index (Phi) is 7.31. The Hall–Kier alpha value is -4.20. The summed E-state index contributed by atoms with van der Waals surface area (Å²) < 4.78 is 16.2. The number of pyridine rings is 1.